The van der Waals surface area contributed by atoms with Crippen LogP contribution in [0.15, 0.2) is 77.7 Å². The number of benzene rings is 3. The molecule has 0 fully saturated rings. The quantitative estimate of drug-likeness (QED) is 0.558. The highest BCUT2D eigenvalue weighted by Gasteiger charge is 2.26. The van der Waals surface area contributed by atoms with E-state index in [0.29, 0.717) is 11.4 Å². The molecule has 3 rings (SSSR count). The van der Waals surface area contributed by atoms with Gasteiger partial charge in [-0.1, -0.05) is 48.0 Å². The topological polar surface area (TPSA) is 51.0 Å². The molecule has 6 heteroatoms. The maximum atomic E-state index is 13.4. The van der Waals surface area contributed by atoms with Gasteiger partial charge in [0.25, 0.3) is 10.0 Å². The van der Waals surface area contributed by atoms with Gasteiger partial charge in [-0.3, -0.25) is 4.31 Å². The van der Waals surface area contributed by atoms with Crippen LogP contribution < -0.4 is 9.04 Å². The van der Waals surface area contributed by atoms with Gasteiger partial charge in [-0.15, -0.1) is 0 Å². The van der Waals surface area contributed by atoms with E-state index in [2.05, 4.69) is 4.85 Å². The van der Waals surface area contributed by atoms with Crippen molar-refractivity contribution >= 4 is 21.4 Å². The highest BCUT2D eigenvalue weighted by atomic mass is 32.2. The Morgan fingerprint density at radius 2 is 1.68 bits per heavy atom. The van der Waals surface area contributed by atoms with Gasteiger partial charge in [0.15, 0.2) is 0 Å². The van der Waals surface area contributed by atoms with Crippen LogP contribution in [-0.2, 0) is 16.6 Å². The summed E-state index contributed by atoms with van der Waals surface area (Å²) in [5.74, 6) is 0.408. The van der Waals surface area contributed by atoms with Crippen molar-refractivity contribution in [1.29, 1.82) is 0 Å². The zero-order valence-electron chi connectivity index (χ0n) is 15.7. The van der Waals surface area contributed by atoms with E-state index in [4.69, 9.17) is 11.3 Å². The van der Waals surface area contributed by atoms with Crippen molar-refractivity contribution in [2.24, 2.45) is 0 Å². The van der Waals surface area contributed by atoms with Crippen LogP contribution in [0.2, 0.25) is 0 Å². The molecule has 3 aromatic rings. The fourth-order valence-corrected chi connectivity index (χ4v) is 4.27. The number of hydrogen-bond donors (Lipinski definition) is 0. The predicted molar refractivity (Wildman–Crippen MR) is 110 cm³/mol. The molecule has 0 aliphatic rings. The lowest BCUT2D eigenvalue weighted by molar-refractivity contribution is 0.417. The van der Waals surface area contributed by atoms with E-state index in [9.17, 15) is 8.42 Å². The lowest BCUT2D eigenvalue weighted by Crippen LogP contribution is -2.30. The summed E-state index contributed by atoms with van der Waals surface area (Å²) in [6, 6.07) is 20.9. The van der Waals surface area contributed by atoms with Crippen molar-refractivity contribution < 1.29 is 13.2 Å². The van der Waals surface area contributed by atoms with Gasteiger partial charge in [0.05, 0.1) is 25.1 Å². The molecule has 0 atom stereocenters. The van der Waals surface area contributed by atoms with Crippen molar-refractivity contribution in [2.45, 2.75) is 18.4 Å². The zero-order valence-corrected chi connectivity index (χ0v) is 16.5. The number of nitrogens with zero attached hydrogens (tertiary/aromatic N) is 2. The van der Waals surface area contributed by atoms with E-state index in [1.54, 1.807) is 42.5 Å². The van der Waals surface area contributed by atoms with E-state index >= 15 is 0 Å². The Kier molecular flexibility index (Phi) is 5.67. The van der Waals surface area contributed by atoms with E-state index in [1.165, 1.54) is 11.4 Å². The normalized spacial score (nSPS) is 10.9. The molecule has 0 unspecified atom stereocenters. The molecule has 0 aliphatic heterocycles. The van der Waals surface area contributed by atoms with Crippen molar-refractivity contribution in [1.82, 2.24) is 0 Å². The molecular formula is C22H20N2O3S. The average molecular weight is 392 g/mol. The Morgan fingerprint density at radius 1 is 1.00 bits per heavy atom. The summed E-state index contributed by atoms with van der Waals surface area (Å²) in [6.07, 6.45) is 0. The Hall–Kier alpha value is -3.30. The second kappa shape index (κ2) is 8.15. The van der Waals surface area contributed by atoms with Crippen LogP contribution >= 0.6 is 0 Å². The SMILES string of the molecule is [C-]#[N+]c1cc(N(Cc2ccccc2)S(=O)(=O)c2ccc(C)cc2)ccc1OC. The van der Waals surface area contributed by atoms with Crippen LogP contribution in [0.4, 0.5) is 11.4 Å². The van der Waals surface area contributed by atoms with E-state index in [1.807, 2.05) is 37.3 Å². The van der Waals surface area contributed by atoms with Gasteiger partial charge in [-0.25, -0.2) is 13.3 Å². The minimum atomic E-state index is -3.82. The predicted octanol–water partition coefficient (Wildman–Crippen LogP) is 4.95. The third kappa shape index (κ3) is 4.00. The summed E-state index contributed by atoms with van der Waals surface area (Å²) in [4.78, 5) is 3.66. The highest BCUT2D eigenvalue weighted by molar-refractivity contribution is 7.92. The summed E-state index contributed by atoms with van der Waals surface area (Å²) < 4.78 is 33.4. The van der Waals surface area contributed by atoms with Crippen molar-refractivity contribution in [3.05, 3.63) is 95.3 Å². The summed E-state index contributed by atoms with van der Waals surface area (Å²) in [5.41, 5.74) is 2.50. The first-order chi connectivity index (χ1) is 13.5. The molecule has 0 spiro atoms. The van der Waals surface area contributed by atoms with E-state index < -0.39 is 10.0 Å². The highest BCUT2D eigenvalue weighted by Crippen LogP contribution is 2.35. The Balaban J connectivity index is 2.12. The Labute approximate surface area is 165 Å². The molecule has 5 nitrogen and oxygen atoms in total. The molecular weight excluding hydrogens is 372 g/mol. The lowest BCUT2D eigenvalue weighted by Gasteiger charge is -2.25. The number of methoxy groups -OCH3 is 1. The molecule has 0 aromatic heterocycles. The largest absolute Gasteiger partial charge is 0.508 e. The summed E-state index contributed by atoms with van der Waals surface area (Å²) in [5, 5.41) is 0. The molecule has 142 valence electrons. The fourth-order valence-electron chi connectivity index (χ4n) is 2.82. The van der Waals surface area contributed by atoms with Gasteiger partial charge < -0.3 is 4.74 Å². The Bertz CT molecular complexity index is 1100. The van der Waals surface area contributed by atoms with E-state index in [-0.39, 0.29) is 17.1 Å². The standard InChI is InChI=1S/C22H20N2O3S/c1-17-9-12-20(13-10-17)28(25,26)24(16-18-7-5-4-6-8-18)19-11-14-22(27-3)21(15-19)23-2/h4-15H,16H2,1,3H3. The Morgan fingerprint density at radius 3 is 2.29 bits per heavy atom. The first kappa shape index (κ1) is 19.5. The third-order valence-corrected chi connectivity index (χ3v) is 6.14. The summed E-state index contributed by atoms with van der Waals surface area (Å²) in [7, 11) is -2.34. The molecule has 0 radical (unpaired) electrons. The number of aryl methyl sites for hydroxylation is 1. The van der Waals surface area contributed by atoms with Crippen LogP contribution in [0.5, 0.6) is 5.75 Å². The van der Waals surface area contributed by atoms with Gasteiger partial charge in [-0.05, 0) is 42.8 Å². The van der Waals surface area contributed by atoms with Crippen molar-refractivity contribution in [3.63, 3.8) is 0 Å². The average Bonchev–Trinajstić information content (AvgIpc) is 2.72. The van der Waals surface area contributed by atoms with Gasteiger partial charge in [0, 0.05) is 5.69 Å². The molecule has 0 aliphatic carbocycles. The van der Waals surface area contributed by atoms with Gasteiger partial charge >= 0.3 is 0 Å². The first-order valence-corrected chi connectivity index (χ1v) is 10.1. The molecule has 0 saturated carbocycles. The van der Waals surface area contributed by atoms with Crippen LogP contribution in [0.25, 0.3) is 4.85 Å². The summed E-state index contributed by atoms with van der Waals surface area (Å²) >= 11 is 0. The van der Waals surface area contributed by atoms with Crippen LogP contribution in [0, 0.1) is 13.5 Å². The van der Waals surface area contributed by atoms with Crippen molar-refractivity contribution in [3.8, 4) is 5.75 Å². The number of ether oxygens (including phenoxy) is 1. The number of hydrogen-bond acceptors (Lipinski definition) is 3. The molecule has 0 saturated heterocycles. The monoisotopic (exact) mass is 392 g/mol. The molecule has 28 heavy (non-hydrogen) atoms. The maximum Gasteiger partial charge on any atom is 0.264 e. The number of anilines is 1. The van der Waals surface area contributed by atoms with Crippen LogP contribution in [0.3, 0.4) is 0 Å². The second-order valence-electron chi connectivity index (χ2n) is 6.28. The summed E-state index contributed by atoms with van der Waals surface area (Å²) in [6.45, 7) is 9.43. The fraction of sp³-hybridized carbons (Fsp3) is 0.136. The number of rotatable bonds is 6. The van der Waals surface area contributed by atoms with Gasteiger partial charge in [-0.2, -0.15) is 0 Å². The molecule has 0 heterocycles. The minimum absolute atomic E-state index is 0.154. The lowest BCUT2D eigenvalue weighted by atomic mass is 10.2. The second-order valence-corrected chi connectivity index (χ2v) is 8.14. The zero-order chi connectivity index (χ0) is 20.1. The molecule has 0 N–H and O–H groups in total. The number of sulfonamides is 1. The smallest absolute Gasteiger partial charge is 0.264 e. The molecule has 0 amide bonds. The molecule has 3 aromatic carbocycles. The van der Waals surface area contributed by atoms with Gasteiger partial charge in [0.2, 0.25) is 5.69 Å². The first-order valence-electron chi connectivity index (χ1n) is 8.64. The van der Waals surface area contributed by atoms with Crippen LogP contribution in [0.1, 0.15) is 11.1 Å². The van der Waals surface area contributed by atoms with E-state index in [0.717, 1.165) is 11.1 Å². The minimum Gasteiger partial charge on any atom is -0.508 e. The van der Waals surface area contributed by atoms with Crippen molar-refractivity contribution in [2.75, 3.05) is 11.4 Å². The van der Waals surface area contributed by atoms with Gasteiger partial charge in [0.1, 0.15) is 5.75 Å². The maximum absolute atomic E-state index is 13.4. The van der Waals surface area contributed by atoms with Crippen LogP contribution in [-0.4, -0.2) is 15.5 Å². The third-order valence-electron chi connectivity index (χ3n) is 4.35. The molecule has 0 bridgehead atoms.